The number of carbonyl (C=O) groups is 1. The van der Waals surface area contributed by atoms with E-state index in [-0.39, 0.29) is 29.0 Å². The molecule has 1 heterocycles. The number of ether oxygens (including phenoxy) is 2. The molecule has 8 heteroatoms. The van der Waals surface area contributed by atoms with Crippen LogP contribution in [0.2, 0.25) is 10.0 Å². The van der Waals surface area contributed by atoms with Gasteiger partial charge in [0.2, 0.25) is 0 Å². The Labute approximate surface area is 225 Å². The van der Waals surface area contributed by atoms with Crippen LogP contribution in [-0.4, -0.2) is 29.2 Å². The van der Waals surface area contributed by atoms with Gasteiger partial charge in [-0.2, -0.15) is 0 Å². The summed E-state index contributed by atoms with van der Waals surface area (Å²) in [4.78, 5) is 16.8. The zero-order valence-electron chi connectivity index (χ0n) is 20.4. The van der Waals surface area contributed by atoms with Gasteiger partial charge in [0, 0.05) is 10.6 Å². The summed E-state index contributed by atoms with van der Waals surface area (Å²) in [7, 11) is 1.24. The second-order valence-electron chi connectivity index (χ2n) is 9.34. The third-order valence-corrected chi connectivity index (χ3v) is 7.57. The van der Waals surface area contributed by atoms with Gasteiger partial charge in [0.15, 0.2) is 11.6 Å². The smallest absolute Gasteiger partial charge is 0.338 e. The van der Waals surface area contributed by atoms with Gasteiger partial charge in [0.25, 0.3) is 0 Å². The fourth-order valence-electron chi connectivity index (χ4n) is 5.23. The first-order valence-electron chi connectivity index (χ1n) is 12.4. The van der Waals surface area contributed by atoms with Crippen LogP contribution in [-0.2, 0) is 4.74 Å². The number of carbonyl (C=O) groups excluding carboxylic acids is 1. The standard InChI is InChI=1S/C29H27Cl2FN2O3/c1-36-29(35)20-15-22(31)27(23(32)16-20)37-17-26(18-7-3-2-4-8-18)34-25-10-6-5-9-24(25)33-28(34)19-11-13-21(30)14-12-19/h5-6,9-16,18,26H,2-4,7-8,17H2,1H3. The van der Waals surface area contributed by atoms with Crippen LogP contribution in [0, 0.1) is 11.7 Å². The molecular formula is C29H27Cl2FN2O3. The number of halogens is 3. The van der Waals surface area contributed by atoms with E-state index in [4.69, 9.17) is 37.7 Å². The summed E-state index contributed by atoms with van der Waals surface area (Å²) in [5.41, 5.74) is 2.83. The maximum absolute atomic E-state index is 15.0. The van der Waals surface area contributed by atoms with Crippen molar-refractivity contribution in [2.45, 2.75) is 38.1 Å². The van der Waals surface area contributed by atoms with Crippen LogP contribution in [0.25, 0.3) is 22.4 Å². The van der Waals surface area contributed by atoms with E-state index in [1.807, 2.05) is 42.5 Å². The summed E-state index contributed by atoms with van der Waals surface area (Å²) < 4.78 is 28.1. The van der Waals surface area contributed by atoms with Gasteiger partial charge in [-0.1, -0.05) is 54.6 Å². The molecule has 3 aromatic carbocycles. The third-order valence-electron chi connectivity index (χ3n) is 7.04. The Morgan fingerprint density at radius 2 is 1.81 bits per heavy atom. The molecule has 0 aliphatic heterocycles. The van der Waals surface area contributed by atoms with E-state index in [0.717, 1.165) is 54.2 Å². The molecule has 1 saturated carbocycles. The summed E-state index contributed by atoms with van der Waals surface area (Å²) in [5.74, 6) is -0.320. The summed E-state index contributed by atoms with van der Waals surface area (Å²) in [6, 6.07) is 18.0. The van der Waals surface area contributed by atoms with E-state index >= 15 is 4.39 Å². The topological polar surface area (TPSA) is 53.4 Å². The van der Waals surface area contributed by atoms with Gasteiger partial charge in [-0.05, 0) is 67.3 Å². The van der Waals surface area contributed by atoms with Gasteiger partial charge in [-0.3, -0.25) is 0 Å². The minimum absolute atomic E-state index is 0.0243. The van der Waals surface area contributed by atoms with E-state index < -0.39 is 11.8 Å². The molecule has 0 bridgehead atoms. The number of methoxy groups -OCH3 is 1. The van der Waals surface area contributed by atoms with Gasteiger partial charge in [0.05, 0.1) is 34.8 Å². The molecule has 0 spiro atoms. The van der Waals surface area contributed by atoms with Crippen LogP contribution < -0.4 is 4.74 Å². The summed E-state index contributed by atoms with van der Waals surface area (Å²) in [6.07, 6.45) is 5.55. The summed E-state index contributed by atoms with van der Waals surface area (Å²) in [5, 5.41) is 0.676. The minimum atomic E-state index is -0.705. The van der Waals surface area contributed by atoms with Crippen molar-refractivity contribution in [3.05, 3.63) is 82.1 Å². The lowest BCUT2D eigenvalue weighted by atomic mass is 9.83. The number of fused-ring (bicyclic) bond motifs is 1. The van der Waals surface area contributed by atoms with Gasteiger partial charge in [-0.25, -0.2) is 14.2 Å². The molecule has 1 atom stereocenters. The van der Waals surface area contributed by atoms with Crippen molar-refractivity contribution >= 4 is 40.2 Å². The SMILES string of the molecule is COC(=O)c1cc(F)c(OCC(C2CCCCC2)n2c(-c3ccc(Cl)cc3)nc3ccccc32)c(Cl)c1. The van der Waals surface area contributed by atoms with Crippen molar-refractivity contribution in [2.75, 3.05) is 13.7 Å². The Bertz CT molecular complexity index is 1390. The van der Waals surface area contributed by atoms with E-state index in [1.54, 1.807) is 0 Å². The molecule has 0 amide bonds. The van der Waals surface area contributed by atoms with Crippen LogP contribution in [0.15, 0.2) is 60.7 Å². The van der Waals surface area contributed by atoms with E-state index in [0.29, 0.717) is 10.9 Å². The van der Waals surface area contributed by atoms with Crippen molar-refractivity contribution in [1.29, 1.82) is 0 Å². The highest BCUT2D eigenvalue weighted by Crippen LogP contribution is 2.39. The third kappa shape index (κ3) is 5.32. The molecule has 4 aromatic rings. The number of imidazole rings is 1. The van der Waals surface area contributed by atoms with E-state index in [1.165, 1.54) is 19.6 Å². The molecule has 0 radical (unpaired) electrons. The molecular weight excluding hydrogens is 514 g/mol. The lowest BCUT2D eigenvalue weighted by Gasteiger charge is -2.33. The average Bonchev–Trinajstić information content (AvgIpc) is 3.30. The second-order valence-corrected chi connectivity index (χ2v) is 10.2. The molecule has 1 aliphatic carbocycles. The molecule has 1 aliphatic rings. The highest BCUT2D eigenvalue weighted by molar-refractivity contribution is 6.32. The Balaban J connectivity index is 1.57. The van der Waals surface area contributed by atoms with Crippen LogP contribution in [0.5, 0.6) is 5.75 Å². The Hall–Kier alpha value is -3.09. The highest BCUT2D eigenvalue weighted by Gasteiger charge is 2.30. The summed E-state index contributed by atoms with van der Waals surface area (Å²) in [6.45, 7) is 0.194. The lowest BCUT2D eigenvalue weighted by molar-refractivity contribution is 0.0600. The van der Waals surface area contributed by atoms with Crippen molar-refractivity contribution < 1.29 is 18.7 Å². The molecule has 37 heavy (non-hydrogen) atoms. The van der Waals surface area contributed by atoms with Crippen molar-refractivity contribution in [3.63, 3.8) is 0 Å². The molecule has 1 unspecified atom stereocenters. The number of nitrogens with zero attached hydrogens (tertiary/aromatic N) is 2. The van der Waals surface area contributed by atoms with Crippen molar-refractivity contribution in [3.8, 4) is 17.1 Å². The molecule has 5 rings (SSSR count). The van der Waals surface area contributed by atoms with Crippen LogP contribution in [0.4, 0.5) is 4.39 Å². The van der Waals surface area contributed by atoms with Crippen LogP contribution >= 0.6 is 23.2 Å². The van der Waals surface area contributed by atoms with E-state index in [2.05, 4.69) is 10.6 Å². The first-order chi connectivity index (χ1) is 18.0. The predicted octanol–water partition coefficient (Wildman–Crippen LogP) is 8.14. The number of benzene rings is 3. The molecule has 0 saturated heterocycles. The quantitative estimate of drug-likeness (QED) is 0.222. The first-order valence-corrected chi connectivity index (χ1v) is 13.1. The number of hydrogen-bond donors (Lipinski definition) is 0. The fraction of sp³-hybridized carbons (Fsp3) is 0.310. The van der Waals surface area contributed by atoms with Gasteiger partial charge < -0.3 is 14.0 Å². The van der Waals surface area contributed by atoms with E-state index in [9.17, 15) is 4.79 Å². The maximum Gasteiger partial charge on any atom is 0.338 e. The Kier molecular flexibility index (Phi) is 7.68. The number of para-hydroxylation sites is 2. The Morgan fingerprint density at radius 1 is 1.08 bits per heavy atom. The first kappa shape index (κ1) is 25.6. The molecule has 1 aromatic heterocycles. The van der Waals surface area contributed by atoms with Gasteiger partial charge in [0.1, 0.15) is 12.4 Å². The number of esters is 1. The molecule has 1 fully saturated rings. The zero-order valence-corrected chi connectivity index (χ0v) is 21.9. The second kappa shape index (κ2) is 11.1. The highest BCUT2D eigenvalue weighted by atomic mass is 35.5. The zero-order chi connectivity index (χ0) is 25.9. The molecule has 192 valence electrons. The predicted molar refractivity (Wildman–Crippen MR) is 144 cm³/mol. The normalized spacial score (nSPS) is 15.0. The lowest BCUT2D eigenvalue weighted by Crippen LogP contribution is -2.28. The maximum atomic E-state index is 15.0. The summed E-state index contributed by atoms with van der Waals surface area (Å²) >= 11 is 12.5. The van der Waals surface area contributed by atoms with Crippen molar-refractivity contribution in [1.82, 2.24) is 9.55 Å². The number of hydrogen-bond acceptors (Lipinski definition) is 4. The van der Waals surface area contributed by atoms with Crippen molar-refractivity contribution in [2.24, 2.45) is 5.92 Å². The molecule has 0 N–H and O–H groups in total. The van der Waals surface area contributed by atoms with Gasteiger partial charge in [-0.15, -0.1) is 0 Å². The van der Waals surface area contributed by atoms with Crippen LogP contribution in [0.1, 0.15) is 48.5 Å². The molecule has 5 nitrogen and oxygen atoms in total. The Morgan fingerprint density at radius 3 is 2.51 bits per heavy atom. The van der Waals surface area contributed by atoms with Crippen LogP contribution in [0.3, 0.4) is 0 Å². The largest absolute Gasteiger partial charge is 0.487 e. The number of aromatic nitrogens is 2. The minimum Gasteiger partial charge on any atom is -0.487 e. The monoisotopic (exact) mass is 540 g/mol. The average molecular weight is 541 g/mol. The fourth-order valence-corrected chi connectivity index (χ4v) is 5.61. The number of rotatable bonds is 7. The van der Waals surface area contributed by atoms with Gasteiger partial charge >= 0.3 is 5.97 Å².